The Hall–Kier alpha value is -3.34. The molecular weight excluding hydrogens is 565 g/mol. The maximum absolute atomic E-state index is 13.5. The molecule has 4 rings (SSSR count). The fourth-order valence-electron chi connectivity index (χ4n) is 4.42. The topological polar surface area (TPSA) is 100 Å². The van der Waals surface area contributed by atoms with Gasteiger partial charge in [-0.15, -0.1) is 0 Å². The van der Waals surface area contributed by atoms with Crippen LogP contribution in [0.5, 0.6) is 11.5 Å². The number of nitrogens with one attached hydrogen (secondary N) is 1. The molecule has 0 spiro atoms. The zero-order chi connectivity index (χ0) is 25.3. The molecule has 1 aliphatic carbocycles. The fraction of sp³-hybridized carbons (Fsp3) is 0.269. The Labute approximate surface area is 216 Å². The van der Waals surface area contributed by atoms with E-state index in [1.54, 1.807) is 26.0 Å². The van der Waals surface area contributed by atoms with Crippen molar-refractivity contribution >= 4 is 46.0 Å². The lowest BCUT2D eigenvalue weighted by Crippen LogP contribution is -2.29. The van der Waals surface area contributed by atoms with Crippen LogP contribution in [0.25, 0.3) is 5.70 Å². The number of halogens is 1. The number of dihydropyridines is 1. The second kappa shape index (κ2) is 10.1. The van der Waals surface area contributed by atoms with E-state index in [2.05, 4.69) is 27.9 Å². The second-order valence-corrected chi connectivity index (χ2v) is 9.04. The van der Waals surface area contributed by atoms with Crippen LogP contribution < -0.4 is 14.8 Å². The maximum Gasteiger partial charge on any atom is 0.344 e. The van der Waals surface area contributed by atoms with Crippen molar-refractivity contribution in [1.29, 1.82) is 0 Å². The van der Waals surface area contributed by atoms with Crippen molar-refractivity contribution in [1.82, 2.24) is 5.32 Å². The Kier molecular flexibility index (Phi) is 7.15. The van der Waals surface area contributed by atoms with Gasteiger partial charge in [0, 0.05) is 28.3 Å². The third-order valence-electron chi connectivity index (χ3n) is 5.88. The van der Waals surface area contributed by atoms with E-state index in [4.69, 9.17) is 18.9 Å². The molecule has 2 aromatic carbocycles. The number of Topliss-reactive ketones (excluding diaryl/α,β-unsaturated/α-hetero) is 1. The molecule has 1 heterocycles. The summed E-state index contributed by atoms with van der Waals surface area (Å²) in [5.41, 5.74) is 4.10. The lowest BCUT2D eigenvalue weighted by atomic mass is 9.79. The monoisotopic (exact) mass is 589 g/mol. The molecule has 8 nitrogen and oxygen atoms in total. The molecule has 0 fully saturated rings. The smallest absolute Gasteiger partial charge is 0.344 e. The van der Waals surface area contributed by atoms with Crippen molar-refractivity contribution in [2.24, 2.45) is 0 Å². The zero-order valence-corrected chi connectivity index (χ0v) is 21.8. The van der Waals surface area contributed by atoms with E-state index < -0.39 is 17.9 Å². The van der Waals surface area contributed by atoms with Gasteiger partial charge < -0.3 is 24.3 Å². The van der Waals surface area contributed by atoms with E-state index in [9.17, 15) is 14.4 Å². The Morgan fingerprint density at radius 3 is 2.49 bits per heavy atom. The molecule has 0 aromatic heterocycles. The van der Waals surface area contributed by atoms with Crippen LogP contribution in [0.4, 0.5) is 0 Å². The van der Waals surface area contributed by atoms with Gasteiger partial charge in [-0.05, 0) is 54.1 Å². The van der Waals surface area contributed by atoms with E-state index in [1.165, 1.54) is 14.2 Å². The van der Waals surface area contributed by atoms with E-state index in [0.29, 0.717) is 48.7 Å². The van der Waals surface area contributed by atoms with Gasteiger partial charge in [-0.25, -0.2) is 9.59 Å². The van der Waals surface area contributed by atoms with Crippen LogP contribution in [0.2, 0.25) is 0 Å². The van der Waals surface area contributed by atoms with Crippen LogP contribution in [-0.2, 0) is 19.1 Å². The van der Waals surface area contributed by atoms with Crippen LogP contribution in [-0.4, -0.2) is 45.2 Å². The van der Waals surface area contributed by atoms with E-state index in [0.717, 1.165) is 5.56 Å². The number of ketones is 1. The normalized spacial score (nSPS) is 16.4. The summed E-state index contributed by atoms with van der Waals surface area (Å²) >= 11 is 2.08. The Morgan fingerprint density at radius 1 is 1.11 bits per heavy atom. The highest BCUT2D eigenvalue weighted by Gasteiger charge is 2.43. The molecule has 1 atom stereocenters. The molecule has 0 bridgehead atoms. The summed E-state index contributed by atoms with van der Waals surface area (Å²) in [5.74, 6) is -1.15. The highest BCUT2D eigenvalue weighted by molar-refractivity contribution is 14.1. The fourth-order valence-corrected chi connectivity index (χ4v) is 5.20. The average molecular weight is 589 g/mol. The third kappa shape index (κ3) is 4.40. The first kappa shape index (κ1) is 24.8. The van der Waals surface area contributed by atoms with E-state index >= 15 is 0 Å². The van der Waals surface area contributed by atoms with Crippen molar-refractivity contribution in [3.05, 3.63) is 73.5 Å². The number of ether oxygens (including phenoxy) is 4. The summed E-state index contributed by atoms with van der Waals surface area (Å²) in [6.07, 6.45) is 0. The van der Waals surface area contributed by atoms with Crippen molar-refractivity contribution in [3.8, 4) is 11.5 Å². The van der Waals surface area contributed by atoms with Crippen molar-refractivity contribution in [3.63, 3.8) is 0 Å². The van der Waals surface area contributed by atoms with Gasteiger partial charge in [0.05, 0.1) is 35.7 Å². The van der Waals surface area contributed by atoms with Crippen LogP contribution in [0, 0.1) is 3.57 Å². The Morgan fingerprint density at radius 2 is 1.83 bits per heavy atom. The summed E-state index contributed by atoms with van der Waals surface area (Å²) < 4.78 is 21.9. The van der Waals surface area contributed by atoms with Crippen molar-refractivity contribution in [2.75, 3.05) is 27.4 Å². The lowest BCUT2D eigenvalue weighted by Gasteiger charge is -2.29. The molecule has 2 aliphatic rings. The van der Waals surface area contributed by atoms with Crippen LogP contribution in [0.15, 0.2) is 53.2 Å². The minimum atomic E-state index is -0.694. The molecule has 0 saturated heterocycles. The molecule has 0 saturated carbocycles. The molecule has 9 heteroatoms. The molecular formula is C26H24INO7. The molecule has 1 aliphatic heterocycles. The number of allylic oxidation sites excluding steroid dienone is 2. The van der Waals surface area contributed by atoms with Gasteiger partial charge in [-0.3, -0.25) is 4.79 Å². The summed E-state index contributed by atoms with van der Waals surface area (Å²) in [4.78, 5) is 38.3. The first-order valence-electron chi connectivity index (χ1n) is 10.9. The highest BCUT2D eigenvalue weighted by Crippen LogP contribution is 2.48. The number of methoxy groups -OCH3 is 2. The number of esters is 2. The number of carbonyl (C=O) groups excluding carboxylic acids is 3. The second-order valence-electron chi connectivity index (χ2n) is 7.88. The van der Waals surface area contributed by atoms with Gasteiger partial charge in [0.25, 0.3) is 0 Å². The molecule has 2 aromatic rings. The molecule has 35 heavy (non-hydrogen) atoms. The number of rotatable bonds is 7. The van der Waals surface area contributed by atoms with E-state index in [1.807, 2.05) is 24.3 Å². The van der Waals surface area contributed by atoms with Gasteiger partial charge >= 0.3 is 11.9 Å². The van der Waals surface area contributed by atoms with Crippen molar-refractivity contribution < 1.29 is 33.3 Å². The summed E-state index contributed by atoms with van der Waals surface area (Å²) in [5, 5.41) is 3.26. The quantitative estimate of drug-likeness (QED) is 0.383. The largest absolute Gasteiger partial charge is 0.493 e. The van der Waals surface area contributed by atoms with Gasteiger partial charge in [-0.1, -0.05) is 24.3 Å². The van der Waals surface area contributed by atoms with Gasteiger partial charge in [0.1, 0.15) is 0 Å². The number of carbonyl (C=O) groups is 3. The Bertz CT molecular complexity index is 1290. The summed E-state index contributed by atoms with van der Waals surface area (Å²) in [6, 6.07) is 10.9. The SMILES string of the molecule is CCOC(=O)COc1c(I)cc([C@@H]2C(C(=O)OC)=C(C)NC3=C2C(=O)c2ccccc23)cc1OC. The maximum atomic E-state index is 13.5. The number of hydrogen-bond donors (Lipinski definition) is 1. The third-order valence-corrected chi connectivity index (χ3v) is 6.68. The first-order chi connectivity index (χ1) is 16.8. The molecule has 182 valence electrons. The Balaban J connectivity index is 1.84. The van der Waals surface area contributed by atoms with E-state index in [-0.39, 0.29) is 19.0 Å². The predicted molar refractivity (Wildman–Crippen MR) is 136 cm³/mol. The molecule has 1 N–H and O–H groups in total. The van der Waals surface area contributed by atoms with Crippen molar-refractivity contribution in [2.45, 2.75) is 19.8 Å². The summed E-state index contributed by atoms with van der Waals surface area (Å²) in [6.45, 7) is 3.48. The molecule has 0 unspecified atom stereocenters. The minimum absolute atomic E-state index is 0.154. The van der Waals surface area contributed by atoms with Crippen LogP contribution >= 0.6 is 22.6 Å². The summed E-state index contributed by atoms with van der Waals surface area (Å²) in [7, 11) is 2.80. The number of hydrogen-bond acceptors (Lipinski definition) is 8. The van der Waals surface area contributed by atoms with Crippen LogP contribution in [0.1, 0.15) is 41.3 Å². The average Bonchev–Trinajstić information content (AvgIpc) is 3.13. The molecule has 0 radical (unpaired) electrons. The predicted octanol–water partition coefficient (Wildman–Crippen LogP) is 3.98. The standard InChI is InChI=1S/C26H24INO7/c1-5-34-19(29)12-35-25-17(27)10-14(11-18(25)32-3)21-20(26(31)33-4)13(2)28-23-15-8-6-7-9-16(15)24(30)22(21)23/h6-11,21,28H,5,12H2,1-4H3/t21-/m1/s1. The number of fused-ring (bicyclic) bond motifs is 2. The first-order valence-corrected chi connectivity index (χ1v) is 12.0. The van der Waals surface area contributed by atoms with Crippen LogP contribution in [0.3, 0.4) is 0 Å². The van der Waals surface area contributed by atoms with Gasteiger partial charge in [0.2, 0.25) is 0 Å². The lowest BCUT2D eigenvalue weighted by molar-refractivity contribution is -0.145. The molecule has 0 amide bonds. The number of benzene rings is 2. The van der Waals surface area contributed by atoms with Gasteiger partial charge in [0.15, 0.2) is 23.9 Å². The minimum Gasteiger partial charge on any atom is -0.493 e. The highest BCUT2D eigenvalue weighted by atomic mass is 127. The van der Waals surface area contributed by atoms with Gasteiger partial charge in [-0.2, -0.15) is 0 Å². The zero-order valence-electron chi connectivity index (χ0n) is 19.7.